The highest BCUT2D eigenvalue weighted by Crippen LogP contribution is 2.42. The Bertz CT molecular complexity index is 343. The van der Waals surface area contributed by atoms with Crippen LogP contribution in [0.15, 0.2) is 31.1 Å². The number of hydrogen-bond acceptors (Lipinski definition) is 5. The van der Waals surface area contributed by atoms with E-state index in [0.29, 0.717) is 0 Å². The molecule has 0 saturated carbocycles. The first-order chi connectivity index (χ1) is 6.64. The Morgan fingerprint density at radius 1 is 1.57 bits per heavy atom. The van der Waals surface area contributed by atoms with E-state index in [1.54, 1.807) is 6.07 Å². The van der Waals surface area contributed by atoms with Crippen molar-refractivity contribution >= 4 is 7.82 Å². The van der Waals surface area contributed by atoms with Gasteiger partial charge in [-0.05, 0) is 6.07 Å². The highest BCUT2D eigenvalue weighted by atomic mass is 31.2. The summed E-state index contributed by atoms with van der Waals surface area (Å²) < 4.78 is 20.1. The Hall–Kier alpha value is -1.23. The molecule has 0 saturated heterocycles. The average Bonchev–Trinajstić information content (AvgIpc) is 2.16. The topological polar surface area (TPSA) is 81.5 Å². The third-order valence-corrected chi connectivity index (χ3v) is 1.96. The predicted molar refractivity (Wildman–Crippen MR) is 48.6 cm³/mol. The molecule has 1 atom stereocenters. The second-order valence-corrected chi connectivity index (χ2v) is 3.55. The van der Waals surface area contributed by atoms with Crippen molar-refractivity contribution in [2.45, 2.75) is 0 Å². The molecule has 0 aliphatic carbocycles. The van der Waals surface area contributed by atoms with E-state index in [0.717, 1.165) is 0 Å². The summed E-state index contributed by atoms with van der Waals surface area (Å²) in [5, 5.41) is 0. The lowest BCUT2D eigenvalue weighted by atomic mass is 10.7. The van der Waals surface area contributed by atoms with E-state index < -0.39 is 7.82 Å². The quantitative estimate of drug-likeness (QED) is 0.587. The van der Waals surface area contributed by atoms with Crippen LogP contribution in [0.2, 0.25) is 0 Å². The minimum atomic E-state index is -4.13. The summed E-state index contributed by atoms with van der Waals surface area (Å²) in [6.45, 7) is 3.24. The predicted octanol–water partition coefficient (Wildman–Crippen LogP) is 1.16. The summed E-state index contributed by atoms with van der Waals surface area (Å²) in [6, 6.07) is 1.35. The molecule has 0 spiro atoms. The molecular weight excluding hydrogens is 207 g/mol. The van der Waals surface area contributed by atoms with Crippen molar-refractivity contribution in [2.75, 3.05) is 6.61 Å². The fraction of sp³-hybridized carbons (Fsp3) is 0.143. The van der Waals surface area contributed by atoms with Crippen molar-refractivity contribution in [2.24, 2.45) is 0 Å². The van der Waals surface area contributed by atoms with E-state index in [9.17, 15) is 4.57 Å². The SMILES string of the molecule is C=CCOP(=O)(O)Oc1ncccn1. The van der Waals surface area contributed by atoms with Crippen molar-refractivity contribution in [3.05, 3.63) is 31.1 Å². The molecule has 0 aliphatic rings. The van der Waals surface area contributed by atoms with Crippen molar-refractivity contribution < 1.29 is 18.5 Å². The van der Waals surface area contributed by atoms with Crippen LogP contribution in [0.4, 0.5) is 0 Å². The maximum Gasteiger partial charge on any atom is 0.530 e. The molecule has 76 valence electrons. The summed E-state index contributed by atoms with van der Waals surface area (Å²) in [4.78, 5) is 16.3. The third kappa shape index (κ3) is 3.66. The molecule has 0 bridgehead atoms. The molecule has 1 aromatic rings. The van der Waals surface area contributed by atoms with E-state index in [2.05, 4.69) is 25.6 Å². The zero-order valence-electron chi connectivity index (χ0n) is 7.24. The molecule has 0 amide bonds. The lowest BCUT2D eigenvalue weighted by Gasteiger charge is -2.09. The van der Waals surface area contributed by atoms with Gasteiger partial charge in [-0.3, -0.25) is 9.42 Å². The molecular formula is C7H9N2O4P. The monoisotopic (exact) mass is 216 g/mol. The molecule has 1 rings (SSSR count). The second-order valence-electron chi connectivity index (χ2n) is 2.18. The van der Waals surface area contributed by atoms with Crippen LogP contribution in [0.1, 0.15) is 0 Å². The van der Waals surface area contributed by atoms with Gasteiger partial charge in [0.1, 0.15) is 0 Å². The zero-order chi connectivity index (χ0) is 10.4. The summed E-state index contributed by atoms with van der Waals surface area (Å²) in [6.07, 6.45) is 4.10. The van der Waals surface area contributed by atoms with Crippen molar-refractivity contribution in [1.82, 2.24) is 9.97 Å². The van der Waals surface area contributed by atoms with E-state index in [1.807, 2.05) is 0 Å². The first-order valence-electron chi connectivity index (χ1n) is 3.69. The van der Waals surface area contributed by atoms with E-state index in [-0.39, 0.29) is 12.6 Å². The molecule has 1 heterocycles. The minimum Gasteiger partial charge on any atom is -0.368 e. The van der Waals surface area contributed by atoms with Gasteiger partial charge in [0.15, 0.2) is 0 Å². The van der Waals surface area contributed by atoms with Gasteiger partial charge in [-0.1, -0.05) is 6.08 Å². The van der Waals surface area contributed by atoms with E-state index in [4.69, 9.17) is 4.89 Å². The van der Waals surface area contributed by atoms with Crippen LogP contribution in [-0.2, 0) is 9.09 Å². The lowest BCUT2D eigenvalue weighted by Crippen LogP contribution is -1.99. The normalized spacial score (nSPS) is 14.4. The van der Waals surface area contributed by atoms with Gasteiger partial charge in [-0.2, -0.15) is 0 Å². The average molecular weight is 216 g/mol. The molecule has 1 unspecified atom stereocenters. The van der Waals surface area contributed by atoms with E-state index in [1.165, 1.54) is 18.5 Å². The molecule has 0 aromatic carbocycles. The Labute approximate surface area is 80.8 Å². The largest absolute Gasteiger partial charge is 0.530 e. The summed E-state index contributed by atoms with van der Waals surface area (Å²) in [5.41, 5.74) is 0. The molecule has 0 aliphatic heterocycles. The van der Waals surface area contributed by atoms with Crippen molar-refractivity contribution in [3.63, 3.8) is 0 Å². The van der Waals surface area contributed by atoms with Gasteiger partial charge < -0.3 is 4.52 Å². The Morgan fingerprint density at radius 2 is 2.21 bits per heavy atom. The number of rotatable bonds is 5. The van der Waals surface area contributed by atoms with Crippen LogP contribution < -0.4 is 4.52 Å². The van der Waals surface area contributed by atoms with Gasteiger partial charge in [0, 0.05) is 12.4 Å². The standard InChI is InChI=1S/C7H9N2O4P/c1-2-6-12-14(10,11)13-7-8-4-3-5-9-7/h2-5H,1,6H2,(H,10,11). The summed E-state index contributed by atoms with van der Waals surface area (Å²) in [7, 11) is -4.13. The summed E-state index contributed by atoms with van der Waals surface area (Å²) in [5.74, 6) is 0. The van der Waals surface area contributed by atoms with Gasteiger partial charge in [0.05, 0.1) is 6.61 Å². The molecule has 1 N–H and O–H groups in total. The number of hydrogen-bond donors (Lipinski definition) is 1. The fourth-order valence-corrected chi connectivity index (χ4v) is 1.26. The Balaban J connectivity index is 2.59. The van der Waals surface area contributed by atoms with Crippen LogP contribution >= 0.6 is 7.82 Å². The third-order valence-electron chi connectivity index (χ3n) is 1.09. The van der Waals surface area contributed by atoms with Gasteiger partial charge in [-0.25, -0.2) is 14.5 Å². The molecule has 14 heavy (non-hydrogen) atoms. The zero-order valence-corrected chi connectivity index (χ0v) is 8.13. The van der Waals surface area contributed by atoms with Crippen LogP contribution in [-0.4, -0.2) is 21.5 Å². The smallest absolute Gasteiger partial charge is 0.368 e. The second kappa shape index (κ2) is 4.85. The number of aromatic nitrogens is 2. The molecule has 6 nitrogen and oxygen atoms in total. The van der Waals surface area contributed by atoms with Gasteiger partial charge in [0.2, 0.25) is 0 Å². The minimum absolute atomic E-state index is 0.0827. The van der Waals surface area contributed by atoms with Gasteiger partial charge in [-0.15, -0.1) is 6.58 Å². The van der Waals surface area contributed by atoms with Crippen molar-refractivity contribution in [3.8, 4) is 6.01 Å². The van der Waals surface area contributed by atoms with Crippen LogP contribution in [0.3, 0.4) is 0 Å². The molecule has 1 aromatic heterocycles. The van der Waals surface area contributed by atoms with Crippen LogP contribution in [0.5, 0.6) is 6.01 Å². The maximum absolute atomic E-state index is 11.1. The highest BCUT2D eigenvalue weighted by molar-refractivity contribution is 7.47. The summed E-state index contributed by atoms with van der Waals surface area (Å²) >= 11 is 0. The van der Waals surface area contributed by atoms with Crippen LogP contribution in [0, 0.1) is 0 Å². The number of phosphoric acid groups is 1. The van der Waals surface area contributed by atoms with Gasteiger partial charge in [0.25, 0.3) is 0 Å². The number of nitrogens with zero attached hydrogens (tertiary/aromatic N) is 2. The molecule has 0 fully saturated rings. The number of phosphoric ester groups is 1. The van der Waals surface area contributed by atoms with Crippen molar-refractivity contribution in [1.29, 1.82) is 0 Å². The Kier molecular flexibility index (Phi) is 3.76. The maximum atomic E-state index is 11.1. The van der Waals surface area contributed by atoms with Crippen LogP contribution in [0.25, 0.3) is 0 Å². The lowest BCUT2D eigenvalue weighted by molar-refractivity contribution is 0.217. The van der Waals surface area contributed by atoms with E-state index >= 15 is 0 Å². The van der Waals surface area contributed by atoms with Gasteiger partial charge >= 0.3 is 13.8 Å². The Morgan fingerprint density at radius 3 is 2.79 bits per heavy atom. The first-order valence-corrected chi connectivity index (χ1v) is 5.18. The molecule has 7 heteroatoms. The molecule has 0 radical (unpaired) electrons. The highest BCUT2D eigenvalue weighted by Gasteiger charge is 2.23. The first kappa shape index (κ1) is 10.8. The fourth-order valence-electron chi connectivity index (χ4n) is 0.609.